The highest BCUT2D eigenvalue weighted by Crippen LogP contribution is 2.34. The smallest absolute Gasteiger partial charge is 0.215 e. The maximum absolute atomic E-state index is 5.37. The molecule has 1 aliphatic heterocycles. The Morgan fingerprint density at radius 3 is 3.21 bits per heavy atom. The van der Waals surface area contributed by atoms with Gasteiger partial charge in [0.15, 0.2) is 5.75 Å². The second-order valence-corrected chi connectivity index (χ2v) is 3.76. The van der Waals surface area contributed by atoms with Crippen molar-refractivity contribution >= 4 is 19.9 Å². The first-order valence-corrected chi connectivity index (χ1v) is 5.17. The van der Waals surface area contributed by atoms with Gasteiger partial charge < -0.3 is 9.05 Å². The average molecular weight is 205 g/mol. The molecular formula is C10H8NO2P. The van der Waals surface area contributed by atoms with E-state index in [4.69, 9.17) is 9.05 Å². The second-order valence-electron chi connectivity index (χ2n) is 3.10. The van der Waals surface area contributed by atoms with E-state index in [-0.39, 0.29) is 9.03 Å². The zero-order valence-electron chi connectivity index (χ0n) is 7.36. The quantitative estimate of drug-likeness (QED) is 0.619. The largest absolute Gasteiger partial charge is 0.448 e. The molecule has 1 unspecified atom stereocenters. The van der Waals surface area contributed by atoms with Crippen molar-refractivity contribution in [2.24, 2.45) is 0 Å². The maximum atomic E-state index is 5.37. The van der Waals surface area contributed by atoms with Gasteiger partial charge in [-0.3, -0.25) is 0 Å². The van der Waals surface area contributed by atoms with Crippen LogP contribution in [0.5, 0.6) is 5.75 Å². The highest BCUT2D eigenvalue weighted by molar-refractivity contribution is 7.26. The van der Waals surface area contributed by atoms with Gasteiger partial charge in [0.2, 0.25) is 9.03 Å². The van der Waals surface area contributed by atoms with E-state index in [2.05, 4.69) is 4.98 Å². The molecule has 0 saturated carbocycles. The van der Waals surface area contributed by atoms with Crippen LogP contribution in [0.2, 0.25) is 0 Å². The van der Waals surface area contributed by atoms with E-state index in [1.165, 1.54) is 0 Å². The van der Waals surface area contributed by atoms with Crippen LogP contribution in [0.4, 0.5) is 0 Å². The highest BCUT2D eigenvalue weighted by atomic mass is 31.1. The fourth-order valence-corrected chi connectivity index (χ4v) is 2.02. The second kappa shape index (κ2) is 3.19. The Kier molecular flexibility index (Phi) is 1.86. The lowest BCUT2D eigenvalue weighted by molar-refractivity contribution is 0.288. The third kappa shape index (κ3) is 1.26. The van der Waals surface area contributed by atoms with Crippen LogP contribution in [0, 0.1) is 0 Å². The molecule has 14 heavy (non-hydrogen) atoms. The van der Waals surface area contributed by atoms with Crippen molar-refractivity contribution in [2.75, 3.05) is 0 Å². The fourth-order valence-electron chi connectivity index (χ4n) is 1.50. The van der Waals surface area contributed by atoms with Crippen LogP contribution in [0.15, 0.2) is 30.3 Å². The number of rotatable bonds is 0. The van der Waals surface area contributed by atoms with Crippen molar-refractivity contribution in [2.45, 2.75) is 6.61 Å². The van der Waals surface area contributed by atoms with E-state index in [1.807, 2.05) is 30.3 Å². The lowest BCUT2D eigenvalue weighted by atomic mass is 10.2. The number of aromatic nitrogens is 1. The van der Waals surface area contributed by atoms with Gasteiger partial charge in [-0.05, 0) is 12.1 Å². The SMILES string of the molecule is c1ccc2nc3c(cc2c1)OPOC3. The summed E-state index contributed by atoms with van der Waals surface area (Å²) in [7, 11) is 0.0998. The summed E-state index contributed by atoms with van der Waals surface area (Å²) in [5.41, 5.74) is 1.88. The van der Waals surface area contributed by atoms with Crippen LogP contribution in [0.1, 0.15) is 5.69 Å². The van der Waals surface area contributed by atoms with E-state index in [0.29, 0.717) is 6.61 Å². The van der Waals surface area contributed by atoms with E-state index in [1.54, 1.807) is 0 Å². The molecular weight excluding hydrogens is 197 g/mol. The van der Waals surface area contributed by atoms with Crippen molar-refractivity contribution in [3.63, 3.8) is 0 Å². The van der Waals surface area contributed by atoms with Crippen LogP contribution in [-0.2, 0) is 11.1 Å². The van der Waals surface area contributed by atoms with E-state index in [9.17, 15) is 0 Å². The Morgan fingerprint density at radius 1 is 1.29 bits per heavy atom. The first-order chi connectivity index (χ1) is 6.93. The van der Waals surface area contributed by atoms with Gasteiger partial charge in [-0.2, -0.15) is 0 Å². The topological polar surface area (TPSA) is 31.4 Å². The van der Waals surface area contributed by atoms with Crippen LogP contribution >= 0.6 is 9.03 Å². The van der Waals surface area contributed by atoms with Crippen molar-refractivity contribution in [1.82, 2.24) is 4.98 Å². The van der Waals surface area contributed by atoms with Crippen LogP contribution in [-0.4, -0.2) is 4.98 Å². The first kappa shape index (κ1) is 8.16. The maximum Gasteiger partial charge on any atom is 0.215 e. The number of para-hydroxylation sites is 1. The van der Waals surface area contributed by atoms with E-state index >= 15 is 0 Å². The van der Waals surface area contributed by atoms with Crippen molar-refractivity contribution < 1.29 is 9.05 Å². The molecule has 0 saturated heterocycles. The fraction of sp³-hybridized carbons (Fsp3) is 0.100. The van der Waals surface area contributed by atoms with Gasteiger partial charge in [0, 0.05) is 5.39 Å². The standard InChI is InChI=1S/C10H8NO2P/c1-2-4-8-7(3-1)5-10-9(11-8)6-12-14-13-10/h1-5,14H,6H2. The molecule has 2 aromatic rings. The summed E-state index contributed by atoms with van der Waals surface area (Å²) in [6.45, 7) is 0.554. The predicted octanol–water partition coefficient (Wildman–Crippen LogP) is 2.65. The Labute approximate surface area is 83.0 Å². The zero-order valence-corrected chi connectivity index (χ0v) is 8.36. The summed E-state index contributed by atoms with van der Waals surface area (Å²) in [6.07, 6.45) is 0. The third-order valence-corrected chi connectivity index (χ3v) is 2.75. The predicted molar refractivity (Wildman–Crippen MR) is 55.5 cm³/mol. The third-order valence-electron chi connectivity index (χ3n) is 2.18. The molecule has 3 nitrogen and oxygen atoms in total. The average Bonchev–Trinajstić information content (AvgIpc) is 2.26. The summed E-state index contributed by atoms with van der Waals surface area (Å²) in [5.74, 6) is 0.855. The molecule has 0 spiro atoms. The van der Waals surface area contributed by atoms with Gasteiger partial charge >= 0.3 is 0 Å². The number of fused-ring (bicyclic) bond motifs is 2. The minimum absolute atomic E-state index is 0.0998. The number of pyridine rings is 1. The van der Waals surface area contributed by atoms with Gasteiger partial charge in [0.25, 0.3) is 0 Å². The van der Waals surface area contributed by atoms with Gasteiger partial charge in [-0.25, -0.2) is 4.98 Å². The number of benzene rings is 1. The summed E-state index contributed by atoms with van der Waals surface area (Å²) in [4.78, 5) is 4.47. The van der Waals surface area contributed by atoms with Crippen molar-refractivity contribution in [3.8, 4) is 5.75 Å². The molecule has 70 valence electrons. The molecule has 3 rings (SSSR count). The number of hydrogen-bond donors (Lipinski definition) is 0. The Balaban J connectivity index is 2.27. The van der Waals surface area contributed by atoms with Crippen LogP contribution < -0.4 is 4.52 Å². The monoisotopic (exact) mass is 205 g/mol. The molecule has 0 radical (unpaired) electrons. The van der Waals surface area contributed by atoms with E-state index < -0.39 is 0 Å². The molecule has 0 N–H and O–H groups in total. The lowest BCUT2D eigenvalue weighted by Crippen LogP contribution is -2.00. The first-order valence-electron chi connectivity index (χ1n) is 4.36. The lowest BCUT2D eigenvalue weighted by Gasteiger charge is -2.16. The molecule has 0 aliphatic carbocycles. The van der Waals surface area contributed by atoms with Gasteiger partial charge in [0.1, 0.15) is 12.3 Å². The highest BCUT2D eigenvalue weighted by Gasteiger charge is 2.12. The molecule has 0 bridgehead atoms. The Hall–Kier alpha value is -1.18. The van der Waals surface area contributed by atoms with Gasteiger partial charge in [-0.1, -0.05) is 18.2 Å². The molecule has 1 aromatic carbocycles. The van der Waals surface area contributed by atoms with Crippen molar-refractivity contribution in [3.05, 3.63) is 36.0 Å². The summed E-state index contributed by atoms with van der Waals surface area (Å²) < 4.78 is 10.6. The summed E-state index contributed by atoms with van der Waals surface area (Å²) >= 11 is 0. The number of nitrogens with zero attached hydrogens (tertiary/aromatic N) is 1. The molecule has 1 aliphatic rings. The molecule has 1 aromatic heterocycles. The molecule has 4 heteroatoms. The minimum Gasteiger partial charge on any atom is -0.448 e. The van der Waals surface area contributed by atoms with E-state index in [0.717, 1.165) is 22.3 Å². The normalized spacial score (nSPS) is 16.6. The Bertz CT molecular complexity index is 442. The Morgan fingerprint density at radius 2 is 2.21 bits per heavy atom. The van der Waals surface area contributed by atoms with Gasteiger partial charge in [0.05, 0.1) is 5.52 Å². The van der Waals surface area contributed by atoms with Crippen LogP contribution in [0.3, 0.4) is 0 Å². The summed E-state index contributed by atoms with van der Waals surface area (Å²) in [6, 6.07) is 10.0. The molecule has 0 fully saturated rings. The summed E-state index contributed by atoms with van der Waals surface area (Å²) in [5, 5.41) is 1.11. The molecule has 0 amide bonds. The van der Waals surface area contributed by atoms with Crippen LogP contribution in [0.25, 0.3) is 10.9 Å². The van der Waals surface area contributed by atoms with Gasteiger partial charge in [-0.15, -0.1) is 0 Å². The zero-order chi connectivity index (χ0) is 9.38. The minimum atomic E-state index is 0.0998. The number of hydrogen-bond acceptors (Lipinski definition) is 3. The molecule has 1 atom stereocenters. The molecule has 2 heterocycles. The van der Waals surface area contributed by atoms with Crippen molar-refractivity contribution in [1.29, 1.82) is 0 Å².